The van der Waals surface area contributed by atoms with Crippen LogP contribution in [0, 0.1) is 13.8 Å². The van der Waals surface area contributed by atoms with Crippen LogP contribution in [-0.2, 0) is 0 Å². The van der Waals surface area contributed by atoms with Crippen LogP contribution in [0.2, 0.25) is 0 Å². The van der Waals surface area contributed by atoms with Crippen molar-refractivity contribution in [2.75, 3.05) is 31.1 Å². The number of rotatable bonds is 3. The van der Waals surface area contributed by atoms with E-state index < -0.39 is 0 Å². The Morgan fingerprint density at radius 3 is 1.86 bits per heavy atom. The second kappa shape index (κ2) is 12.6. The van der Waals surface area contributed by atoms with Crippen LogP contribution in [0.15, 0.2) is 40.9 Å². The van der Waals surface area contributed by atoms with E-state index in [0.29, 0.717) is 5.56 Å². The van der Waals surface area contributed by atoms with Gasteiger partial charge in [-0.1, -0.05) is 40.2 Å². The Kier molecular flexibility index (Phi) is 10.1. The molecule has 156 valence electrons. The maximum absolute atomic E-state index is 10.7. The summed E-state index contributed by atoms with van der Waals surface area (Å²) in [5.41, 5.74) is 5.12. The second-order valence-electron chi connectivity index (χ2n) is 7.44. The van der Waals surface area contributed by atoms with E-state index in [1.807, 2.05) is 37.3 Å². The van der Waals surface area contributed by atoms with Crippen molar-refractivity contribution in [3.8, 4) is 0 Å². The Morgan fingerprint density at radius 2 is 1.38 bits per heavy atom. The smallest absolute Gasteiger partial charge is 0.150 e. The van der Waals surface area contributed by atoms with Crippen LogP contribution in [0.3, 0.4) is 0 Å². The Bertz CT molecular complexity index is 790. The van der Waals surface area contributed by atoms with Gasteiger partial charge in [-0.2, -0.15) is 0 Å². The molecule has 29 heavy (non-hydrogen) atoms. The number of carbonyl (C=O) groups is 2. The highest BCUT2D eigenvalue weighted by molar-refractivity contribution is 9.10. The molecule has 0 saturated carbocycles. The van der Waals surface area contributed by atoms with Gasteiger partial charge in [0, 0.05) is 34.4 Å². The first-order valence-corrected chi connectivity index (χ1v) is 11.1. The lowest BCUT2D eigenvalue weighted by atomic mass is 10.1. The van der Waals surface area contributed by atoms with Crippen molar-refractivity contribution in [2.45, 2.75) is 39.5 Å². The largest absolute Gasteiger partial charge is 0.371 e. The average molecular weight is 459 g/mol. The highest BCUT2D eigenvalue weighted by Gasteiger charge is 2.14. The Hall–Kier alpha value is -1.98. The van der Waals surface area contributed by atoms with Crippen LogP contribution in [0.25, 0.3) is 0 Å². The standard InChI is InChI=1S/C12H15NO.C8H7BrO.C4H9N/c1-10-4-5-11(9-14)8-12(10)13-6-2-3-7-13;1-6-2-3-7(5-10)4-8(6)9;1-2-4-5-3-1/h4-5,8-9H,2-3,6-7H2,1H3;2-5H,1H3;5H,1-4H2. The lowest BCUT2D eigenvalue weighted by Crippen LogP contribution is -2.18. The Morgan fingerprint density at radius 1 is 0.828 bits per heavy atom. The van der Waals surface area contributed by atoms with Gasteiger partial charge in [-0.3, -0.25) is 9.59 Å². The SMILES string of the molecule is C1CCNC1.Cc1ccc(C=O)cc1Br.Cc1ccc(C=O)cc1N1CCCC1. The molecule has 0 radical (unpaired) electrons. The summed E-state index contributed by atoms with van der Waals surface area (Å²) in [4.78, 5) is 23.3. The van der Waals surface area contributed by atoms with Crippen molar-refractivity contribution in [3.05, 3.63) is 63.1 Å². The van der Waals surface area contributed by atoms with E-state index in [4.69, 9.17) is 0 Å². The molecule has 2 saturated heterocycles. The number of halogens is 1. The highest BCUT2D eigenvalue weighted by Crippen LogP contribution is 2.24. The van der Waals surface area contributed by atoms with Gasteiger partial charge in [0.05, 0.1) is 0 Å². The lowest BCUT2D eigenvalue weighted by molar-refractivity contribution is 0.111. The van der Waals surface area contributed by atoms with Crippen LogP contribution in [0.1, 0.15) is 57.5 Å². The van der Waals surface area contributed by atoms with Gasteiger partial charge < -0.3 is 10.2 Å². The van der Waals surface area contributed by atoms with Gasteiger partial charge in [-0.15, -0.1) is 0 Å². The van der Waals surface area contributed by atoms with Gasteiger partial charge in [0.1, 0.15) is 12.6 Å². The number of hydrogen-bond acceptors (Lipinski definition) is 4. The number of anilines is 1. The molecule has 2 heterocycles. The van der Waals surface area contributed by atoms with Gasteiger partial charge in [0.25, 0.3) is 0 Å². The molecule has 2 fully saturated rings. The topological polar surface area (TPSA) is 49.4 Å². The normalized spacial score (nSPS) is 15.1. The van der Waals surface area contributed by atoms with E-state index in [0.717, 1.165) is 41.3 Å². The summed E-state index contributed by atoms with van der Waals surface area (Å²) in [7, 11) is 0. The molecule has 2 aromatic carbocycles. The summed E-state index contributed by atoms with van der Waals surface area (Å²) in [6, 6.07) is 11.4. The average Bonchev–Trinajstić information content (AvgIpc) is 3.48. The van der Waals surface area contributed by atoms with Crippen molar-refractivity contribution in [1.29, 1.82) is 0 Å². The zero-order chi connectivity index (χ0) is 21.1. The minimum atomic E-state index is 0.706. The Balaban J connectivity index is 0.000000173. The predicted molar refractivity (Wildman–Crippen MR) is 124 cm³/mol. The minimum absolute atomic E-state index is 0.706. The predicted octanol–water partition coefficient (Wildman–Crippen LogP) is 5.35. The maximum atomic E-state index is 10.7. The maximum Gasteiger partial charge on any atom is 0.150 e. The van der Waals surface area contributed by atoms with Crippen LogP contribution in [0.5, 0.6) is 0 Å². The number of nitrogens with zero attached hydrogens (tertiary/aromatic N) is 1. The van der Waals surface area contributed by atoms with E-state index in [1.165, 1.54) is 50.0 Å². The molecule has 2 aliphatic rings. The van der Waals surface area contributed by atoms with Crippen LogP contribution >= 0.6 is 15.9 Å². The van der Waals surface area contributed by atoms with Crippen molar-refractivity contribution >= 4 is 34.2 Å². The van der Waals surface area contributed by atoms with Crippen LogP contribution in [-0.4, -0.2) is 38.8 Å². The fraction of sp³-hybridized carbons (Fsp3) is 0.417. The molecule has 0 atom stereocenters. The van der Waals surface area contributed by atoms with E-state index in [1.54, 1.807) is 6.07 Å². The number of aldehydes is 2. The molecule has 4 rings (SSSR count). The summed E-state index contributed by atoms with van der Waals surface area (Å²) in [6.45, 7) is 8.84. The van der Waals surface area contributed by atoms with Crippen LogP contribution < -0.4 is 10.2 Å². The molecule has 0 aromatic heterocycles. The molecule has 0 amide bonds. The molecular weight excluding hydrogens is 428 g/mol. The van der Waals surface area contributed by atoms with Crippen LogP contribution in [0.4, 0.5) is 5.69 Å². The summed E-state index contributed by atoms with van der Waals surface area (Å²) in [5.74, 6) is 0. The fourth-order valence-electron chi connectivity index (χ4n) is 3.31. The molecule has 1 N–H and O–H groups in total. The molecule has 0 bridgehead atoms. The first-order chi connectivity index (χ1) is 14.0. The first-order valence-electron chi connectivity index (χ1n) is 10.3. The monoisotopic (exact) mass is 458 g/mol. The second-order valence-corrected chi connectivity index (χ2v) is 8.30. The van der Waals surface area contributed by atoms with E-state index in [2.05, 4.69) is 33.1 Å². The summed E-state index contributed by atoms with van der Waals surface area (Å²) >= 11 is 3.33. The third-order valence-corrected chi connectivity index (χ3v) is 5.96. The van der Waals surface area contributed by atoms with Gasteiger partial charge >= 0.3 is 0 Å². The number of benzene rings is 2. The van der Waals surface area contributed by atoms with Gasteiger partial charge in [-0.25, -0.2) is 0 Å². The lowest BCUT2D eigenvalue weighted by Gasteiger charge is -2.20. The summed E-state index contributed by atoms with van der Waals surface area (Å²) < 4.78 is 0.983. The van der Waals surface area contributed by atoms with Gasteiger partial charge in [0.15, 0.2) is 0 Å². The zero-order valence-corrected chi connectivity index (χ0v) is 19.0. The number of carbonyl (C=O) groups excluding carboxylic acids is 2. The van der Waals surface area contributed by atoms with E-state index in [-0.39, 0.29) is 0 Å². The summed E-state index contributed by atoms with van der Waals surface area (Å²) in [5, 5.41) is 3.22. The van der Waals surface area contributed by atoms with E-state index in [9.17, 15) is 9.59 Å². The Labute approximate surface area is 182 Å². The molecule has 4 nitrogen and oxygen atoms in total. The third-order valence-electron chi connectivity index (χ3n) is 5.11. The van der Waals surface area contributed by atoms with Crippen molar-refractivity contribution in [1.82, 2.24) is 5.32 Å². The molecule has 0 unspecified atom stereocenters. The van der Waals surface area contributed by atoms with Crippen molar-refractivity contribution in [3.63, 3.8) is 0 Å². The van der Waals surface area contributed by atoms with Crippen molar-refractivity contribution in [2.24, 2.45) is 0 Å². The molecule has 2 aromatic rings. The number of aryl methyl sites for hydroxylation is 2. The molecule has 0 spiro atoms. The highest BCUT2D eigenvalue weighted by atomic mass is 79.9. The first kappa shape index (κ1) is 23.3. The number of nitrogens with one attached hydrogen (secondary N) is 1. The summed E-state index contributed by atoms with van der Waals surface area (Å²) in [6.07, 6.45) is 7.07. The fourth-order valence-corrected chi connectivity index (χ4v) is 3.70. The third kappa shape index (κ3) is 7.75. The minimum Gasteiger partial charge on any atom is -0.371 e. The number of hydrogen-bond donors (Lipinski definition) is 1. The zero-order valence-electron chi connectivity index (χ0n) is 17.4. The molecule has 2 aliphatic heterocycles. The quantitative estimate of drug-likeness (QED) is 0.629. The molecular formula is C24H31BrN2O2. The molecule has 5 heteroatoms. The van der Waals surface area contributed by atoms with Gasteiger partial charge in [-0.05, 0) is 75.9 Å². The van der Waals surface area contributed by atoms with Crippen molar-refractivity contribution < 1.29 is 9.59 Å². The van der Waals surface area contributed by atoms with Gasteiger partial charge in [0.2, 0.25) is 0 Å². The molecule has 0 aliphatic carbocycles. The van der Waals surface area contributed by atoms with E-state index >= 15 is 0 Å².